The van der Waals surface area contributed by atoms with Gasteiger partial charge in [0.2, 0.25) is 41.4 Å². The summed E-state index contributed by atoms with van der Waals surface area (Å²) in [5, 5.41) is 25.1. The van der Waals surface area contributed by atoms with Gasteiger partial charge in [-0.2, -0.15) is 0 Å². The lowest BCUT2D eigenvalue weighted by Gasteiger charge is -2.28. The summed E-state index contributed by atoms with van der Waals surface area (Å²) in [7, 11) is 0. The molecule has 0 aliphatic heterocycles. The van der Waals surface area contributed by atoms with Crippen LogP contribution in [0.15, 0.2) is 29.3 Å². The highest BCUT2D eigenvalue weighted by molar-refractivity contribution is 5.96. The van der Waals surface area contributed by atoms with Crippen LogP contribution in [0.3, 0.4) is 0 Å². The van der Waals surface area contributed by atoms with Gasteiger partial charge in [0.1, 0.15) is 36.3 Å². The number of carbonyl (C=O) groups excluding carboxylic acids is 7. The van der Waals surface area contributed by atoms with E-state index in [9.17, 15) is 38.7 Å². The molecule has 61 heavy (non-hydrogen) atoms. The first-order valence-corrected chi connectivity index (χ1v) is 21.0. The molecule has 15 N–H and O–H groups in total. The van der Waals surface area contributed by atoms with Crippen LogP contribution in [0.2, 0.25) is 0 Å². The second-order valence-electron chi connectivity index (χ2n) is 17.1. The normalized spacial score (nSPS) is 15.3. The van der Waals surface area contributed by atoms with Gasteiger partial charge < -0.3 is 59.9 Å². The monoisotopic (exact) mass is 860 g/mol. The van der Waals surface area contributed by atoms with E-state index in [1.165, 1.54) is 0 Å². The molecule has 0 unspecified atom stereocenters. The number of primary amides is 1. The van der Waals surface area contributed by atoms with E-state index in [1.54, 1.807) is 13.8 Å². The Morgan fingerprint density at radius 1 is 0.705 bits per heavy atom. The summed E-state index contributed by atoms with van der Waals surface area (Å²) in [6, 6.07) is 0.736. The molecule has 19 nitrogen and oxygen atoms in total. The van der Waals surface area contributed by atoms with Gasteiger partial charge in [0.15, 0.2) is 5.96 Å². The molecule has 0 heterocycles. The van der Waals surface area contributed by atoms with Gasteiger partial charge in [-0.1, -0.05) is 99.4 Å². The van der Waals surface area contributed by atoms with Crippen molar-refractivity contribution in [3.05, 3.63) is 35.4 Å². The van der Waals surface area contributed by atoms with Crippen molar-refractivity contribution >= 4 is 47.3 Å². The van der Waals surface area contributed by atoms with Crippen molar-refractivity contribution in [2.75, 3.05) is 19.7 Å². The molecule has 0 aliphatic carbocycles. The maximum atomic E-state index is 14.0. The van der Waals surface area contributed by atoms with E-state index in [0.29, 0.717) is 12.8 Å². The highest BCUT2D eigenvalue weighted by Crippen LogP contribution is 2.23. The van der Waals surface area contributed by atoms with Crippen LogP contribution in [0, 0.1) is 17.8 Å². The van der Waals surface area contributed by atoms with Gasteiger partial charge in [-0.05, 0) is 53.6 Å². The molecule has 0 saturated heterocycles. The second-order valence-corrected chi connectivity index (χ2v) is 17.1. The molecule has 1 rings (SSSR count). The smallest absolute Gasteiger partial charge is 0.243 e. The van der Waals surface area contributed by atoms with E-state index >= 15 is 0 Å². The number of nitrogens with one attached hydrogen (secondary N) is 6. The summed E-state index contributed by atoms with van der Waals surface area (Å²) in [6.45, 7) is 16.0. The predicted molar refractivity (Wildman–Crippen MR) is 234 cm³/mol. The molecular formula is C42H73N11O8. The number of aliphatic imine (C=N–C) groups is 1. The van der Waals surface area contributed by atoms with Crippen molar-refractivity contribution in [3.8, 4) is 0 Å². The fourth-order valence-corrected chi connectivity index (χ4v) is 6.16. The number of hydrogen-bond donors (Lipinski definition) is 11. The average Bonchev–Trinajstić information content (AvgIpc) is 3.19. The van der Waals surface area contributed by atoms with Crippen LogP contribution in [-0.4, -0.2) is 108 Å². The molecule has 8 atom stereocenters. The first-order valence-electron chi connectivity index (χ1n) is 21.0. The summed E-state index contributed by atoms with van der Waals surface area (Å²) in [5.41, 5.74) is 23.9. The maximum Gasteiger partial charge on any atom is 0.243 e. The number of nitrogens with zero attached hydrogens (tertiary/aromatic N) is 1. The first-order chi connectivity index (χ1) is 28.4. The van der Waals surface area contributed by atoms with Crippen molar-refractivity contribution in [1.29, 1.82) is 0 Å². The fraction of sp³-hybridized carbons (Fsp3) is 0.667. The lowest BCUT2D eigenvalue weighted by Crippen LogP contribution is -2.59. The Kier molecular flexibility index (Phi) is 23.0. The molecular weight excluding hydrogens is 787 g/mol. The summed E-state index contributed by atoms with van der Waals surface area (Å²) in [4.78, 5) is 97.0. The lowest BCUT2D eigenvalue weighted by atomic mass is 9.86. The van der Waals surface area contributed by atoms with Gasteiger partial charge in [0, 0.05) is 13.0 Å². The molecule has 1 aromatic carbocycles. The SMILES string of the molecule is CC[C@H](C)[C@H](NC(=O)[C@H](Cc1ccc(C(C)(C)C)cc1)NC(=O)[C@H](CCCN=C(N)N)NC(=O)CNC(=O)[C@@H](NC(=O)[C@H](CC(C)C)NC(=O)[C@@H](N)CO)[C@@H](C)CC)C(N)=O. The molecule has 0 saturated carbocycles. The third kappa shape index (κ3) is 19.3. The molecule has 0 radical (unpaired) electrons. The van der Waals surface area contributed by atoms with Crippen LogP contribution >= 0.6 is 0 Å². The molecule has 0 bridgehead atoms. The van der Waals surface area contributed by atoms with Crippen molar-refractivity contribution in [1.82, 2.24) is 31.9 Å². The summed E-state index contributed by atoms with van der Waals surface area (Å²) >= 11 is 0. The topological polar surface area (TPSA) is 328 Å². The molecule has 0 spiro atoms. The molecule has 1 aromatic rings. The predicted octanol–water partition coefficient (Wildman–Crippen LogP) is -0.936. The second kappa shape index (κ2) is 26.1. The fourth-order valence-electron chi connectivity index (χ4n) is 6.16. The van der Waals surface area contributed by atoms with Gasteiger partial charge in [0.05, 0.1) is 13.2 Å². The van der Waals surface area contributed by atoms with Crippen LogP contribution < -0.4 is 54.8 Å². The Labute approximate surface area is 360 Å². The molecule has 344 valence electrons. The van der Waals surface area contributed by atoms with Crippen LogP contribution in [0.25, 0.3) is 0 Å². The molecule has 0 aromatic heterocycles. The number of aliphatic hydroxyl groups excluding tert-OH is 1. The zero-order valence-corrected chi connectivity index (χ0v) is 37.4. The van der Waals surface area contributed by atoms with E-state index in [1.807, 2.05) is 52.0 Å². The summed E-state index contributed by atoms with van der Waals surface area (Å²) < 4.78 is 0. The first kappa shape index (κ1) is 53.7. The van der Waals surface area contributed by atoms with E-state index in [0.717, 1.165) is 11.1 Å². The summed E-state index contributed by atoms with van der Waals surface area (Å²) in [6.07, 6.45) is 1.54. The Balaban J connectivity index is 3.35. The van der Waals surface area contributed by atoms with Crippen molar-refractivity contribution in [3.63, 3.8) is 0 Å². The van der Waals surface area contributed by atoms with Gasteiger partial charge in [0.25, 0.3) is 0 Å². The zero-order valence-electron chi connectivity index (χ0n) is 37.4. The molecule has 0 aliphatic rings. The number of carbonyl (C=O) groups is 7. The van der Waals surface area contributed by atoms with Crippen molar-refractivity contribution in [2.45, 2.75) is 143 Å². The molecule has 7 amide bonds. The highest BCUT2D eigenvalue weighted by atomic mass is 16.3. The van der Waals surface area contributed by atoms with Gasteiger partial charge in [-0.3, -0.25) is 38.6 Å². The number of guanidine groups is 1. The van der Waals surface area contributed by atoms with Crippen LogP contribution in [-0.2, 0) is 45.4 Å². The minimum Gasteiger partial charge on any atom is -0.394 e. The Hall–Kier alpha value is -5.30. The quantitative estimate of drug-likeness (QED) is 0.0307. The highest BCUT2D eigenvalue weighted by Gasteiger charge is 2.33. The lowest BCUT2D eigenvalue weighted by molar-refractivity contribution is -0.135. The zero-order chi connectivity index (χ0) is 46.6. The van der Waals surface area contributed by atoms with Gasteiger partial charge in [-0.15, -0.1) is 0 Å². The van der Waals surface area contributed by atoms with E-state index < -0.39 is 96.7 Å². The number of rotatable bonds is 26. The Morgan fingerprint density at radius 3 is 1.74 bits per heavy atom. The number of benzene rings is 1. The average molecular weight is 860 g/mol. The number of amides is 7. The van der Waals surface area contributed by atoms with Crippen LogP contribution in [0.1, 0.15) is 106 Å². The summed E-state index contributed by atoms with van der Waals surface area (Å²) in [5.74, 6) is -5.83. The van der Waals surface area contributed by atoms with E-state index in [2.05, 4.69) is 57.7 Å². The number of aliphatic hydroxyl groups is 1. The van der Waals surface area contributed by atoms with Gasteiger partial charge in [-0.25, -0.2) is 0 Å². The minimum atomic E-state index is -1.25. The van der Waals surface area contributed by atoms with Crippen molar-refractivity contribution < 1.29 is 38.7 Å². The Morgan fingerprint density at radius 2 is 1.23 bits per heavy atom. The number of hydrogen-bond acceptors (Lipinski definition) is 10. The van der Waals surface area contributed by atoms with Crippen molar-refractivity contribution in [2.24, 2.45) is 45.7 Å². The minimum absolute atomic E-state index is 0.0299. The molecule has 19 heteroatoms. The maximum absolute atomic E-state index is 14.0. The standard InChI is InChI=1S/C42H73N11O8/c1-10-24(5)33(35(44)56)52-39(60)31(20-26-14-16-27(17-15-26)42(7,8)9)51-37(58)29(13-12-18-47-41(45)46)49-32(55)21-48-40(61)34(25(6)11-2)53-38(59)30(19-23(3)4)50-36(57)28(43)22-54/h14-17,23-25,28-31,33-34,54H,10-13,18-22,43H2,1-9H3,(H2,44,56)(H,48,61)(H,49,55)(H,50,57)(H,51,58)(H,52,60)(H,53,59)(H4,45,46,47)/t24-,25-,28-,29-,30-,31-,33-,34-/m0/s1. The van der Waals surface area contributed by atoms with Gasteiger partial charge >= 0.3 is 0 Å². The van der Waals surface area contributed by atoms with Crippen LogP contribution in [0.5, 0.6) is 0 Å². The van der Waals surface area contributed by atoms with E-state index in [-0.39, 0.29) is 55.4 Å². The third-order valence-electron chi connectivity index (χ3n) is 10.4. The largest absolute Gasteiger partial charge is 0.394 e. The van der Waals surface area contributed by atoms with Crippen LogP contribution in [0.4, 0.5) is 0 Å². The third-order valence-corrected chi connectivity index (χ3v) is 10.4. The number of nitrogens with two attached hydrogens (primary N) is 4. The van der Waals surface area contributed by atoms with E-state index in [4.69, 9.17) is 22.9 Å². The molecule has 0 fully saturated rings. The Bertz CT molecular complexity index is 1640.